The quantitative estimate of drug-likeness (QED) is 0.197. The average Bonchev–Trinajstić information content (AvgIpc) is 3.64. The fourth-order valence-corrected chi connectivity index (χ4v) is 5.76. The molecule has 0 aliphatic carbocycles. The van der Waals surface area contributed by atoms with Gasteiger partial charge in [0, 0.05) is 17.7 Å². The van der Waals surface area contributed by atoms with Crippen LogP contribution in [0.15, 0.2) is 144 Å². The molecular formula is C39H33BrO2. The van der Waals surface area contributed by atoms with Gasteiger partial charge in [0.25, 0.3) is 0 Å². The summed E-state index contributed by atoms with van der Waals surface area (Å²) >= 11 is 3.50. The van der Waals surface area contributed by atoms with Gasteiger partial charge in [-0.05, 0) is 110 Å². The highest BCUT2D eigenvalue weighted by Crippen LogP contribution is 2.28. The zero-order valence-electron chi connectivity index (χ0n) is 23.4. The standard InChI is InChI=1S/C21H16O.C14H9Br.C4H8O/c22-21(15-6-2-1-3-7-15)19-11-10-18-12-16-8-4-5-9-17(16)13-20(18)14-19;15-14-6-5-12-7-10-3-1-2-4-11(10)8-13(12)9-14;1-2-4-5-3-1/h1-14,21-22H;1-9H;1-4H2. The number of rotatable bonds is 2. The van der Waals surface area contributed by atoms with Crippen LogP contribution in [-0.4, -0.2) is 18.3 Å². The molecule has 0 aromatic heterocycles. The van der Waals surface area contributed by atoms with Gasteiger partial charge in [0.15, 0.2) is 0 Å². The Morgan fingerprint density at radius 3 is 1.43 bits per heavy atom. The van der Waals surface area contributed by atoms with E-state index in [1.807, 2.05) is 36.4 Å². The molecule has 7 aromatic rings. The molecule has 1 atom stereocenters. The van der Waals surface area contributed by atoms with Crippen LogP contribution >= 0.6 is 15.9 Å². The molecule has 3 heteroatoms. The molecule has 0 bridgehead atoms. The molecule has 0 radical (unpaired) electrons. The molecule has 42 heavy (non-hydrogen) atoms. The Balaban J connectivity index is 0.000000135. The second kappa shape index (κ2) is 13.3. The van der Waals surface area contributed by atoms with Crippen LogP contribution < -0.4 is 0 Å². The highest BCUT2D eigenvalue weighted by atomic mass is 79.9. The largest absolute Gasteiger partial charge is 0.384 e. The smallest absolute Gasteiger partial charge is 0.104 e. The summed E-state index contributed by atoms with van der Waals surface area (Å²) in [5.74, 6) is 0. The van der Waals surface area contributed by atoms with E-state index in [2.05, 4.69) is 119 Å². The zero-order chi connectivity index (χ0) is 28.7. The number of ether oxygens (including phenoxy) is 1. The lowest BCUT2D eigenvalue weighted by Crippen LogP contribution is -1.99. The van der Waals surface area contributed by atoms with Gasteiger partial charge in [-0.2, -0.15) is 0 Å². The van der Waals surface area contributed by atoms with Crippen LogP contribution in [0.4, 0.5) is 0 Å². The van der Waals surface area contributed by atoms with Crippen LogP contribution in [0.5, 0.6) is 0 Å². The minimum Gasteiger partial charge on any atom is -0.384 e. The lowest BCUT2D eigenvalue weighted by atomic mass is 9.97. The fourth-order valence-electron chi connectivity index (χ4n) is 5.38. The molecule has 208 valence electrons. The molecule has 1 heterocycles. The van der Waals surface area contributed by atoms with Crippen LogP contribution in [-0.2, 0) is 4.74 Å². The van der Waals surface area contributed by atoms with Crippen LogP contribution in [0, 0.1) is 0 Å². The summed E-state index contributed by atoms with van der Waals surface area (Å²) in [6.07, 6.45) is 1.97. The number of benzene rings is 7. The number of hydrogen-bond donors (Lipinski definition) is 1. The second-order valence-corrected chi connectivity index (χ2v) is 11.5. The highest BCUT2D eigenvalue weighted by molar-refractivity contribution is 9.10. The van der Waals surface area contributed by atoms with Gasteiger partial charge in [0.2, 0.25) is 0 Å². The first kappa shape index (κ1) is 28.1. The maximum Gasteiger partial charge on any atom is 0.104 e. The first-order valence-corrected chi connectivity index (χ1v) is 15.2. The van der Waals surface area contributed by atoms with Gasteiger partial charge < -0.3 is 9.84 Å². The van der Waals surface area contributed by atoms with Crippen LogP contribution in [0.2, 0.25) is 0 Å². The summed E-state index contributed by atoms with van der Waals surface area (Å²) in [5, 5.41) is 20.5. The van der Waals surface area contributed by atoms with Crippen molar-refractivity contribution >= 4 is 59.0 Å². The maximum atomic E-state index is 10.6. The molecular weight excluding hydrogens is 580 g/mol. The number of fused-ring (bicyclic) bond motifs is 4. The minimum atomic E-state index is -0.586. The van der Waals surface area contributed by atoms with Gasteiger partial charge in [0.1, 0.15) is 6.10 Å². The molecule has 8 rings (SSSR count). The van der Waals surface area contributed by atoms with E-state index in [1.165, 1.54) is 50.5 Å². The van der Waals surface area contributed by atoms with Crippen molar-refractivity contribution in [1.29, 1.82) is 0 Å². The molecule has 1 N–H and O–H groups in total. The van der Waals surface area contributed by atoms with E-state index in [0.717, 1.165) is 34.2 Å². The maximum absolute atomic E-state index is 10.6. The fraction of sp³-hybridized carbons (Fsp3) is 0.128. The number of halogens is 1. The van der Waals surface area contributed by atoms with Crippen molar-refractivity contribution in [3.63, 3.8) is 0 Å². The van der Waals surface area contributed by atoms with Crippen molar-refractivity contribution in [2.45, 2.75) is 18.9 Å². The van der Waals surface area contributed by atoms with Crippen molar-refractivity contribution in [3.05, 3.63) is 155 Å². The van der Waals surface area contributed by atoms with E-state index < -0.39 is 6.10 Å². The molecule has 0 spiro atoms. The predicted molar refractivity (Wildman–Crippen MR) is 181 cm³/mol. The highest BCUT2D eigenvalue weighted by Gasteiger charge is 2.10. The molecule has 1 fully saturated rings. The average molecular weight is 614 g/mol. The summed E-state index contributed by atoms with van der Waals surface area (Å²) in [5.41, 5.74) is 1.84. The van der Waals surface area contributed by atoms with Crippen LogP contribution in [0.1, 0.15) is 30.1 Å². The minimum absolute atomic E-state index is 0.586. The van der Waals surface area contributed by atoms with E-state index in [1.54, 1.807) is 0 Å². The first-order chi connectivity index (χ1) is 20.6. The second-order valence-electron chi connectivity index (χ2n) is 10.6. The molecule has 0 amide bonds. The Kier molecular flexibility index (Phi) is 8.91. The number of aliphatic hydroxyl groups excluding tert-OH is 1. The SMILES string of the molecule is Brc1ccc2cc3ccccc3cc2c1.C1CCOC1.OC(c1ccccc1)c1ccc2cc3ccccc3cc2c1. The summed E-state index contributed by atoms with van der Waals surface area (Å²) in [6.45, 7) is 2.00. The normalized spacial score (nSPS) is 13.4. The Bertz CT molecular complexity index is 1940. The summed E-state index contributed by atoms with van der Waals surface area (Å²) in [6, 6.07) is 48.0. The third-order valence-corrected chi connectivity index (χ3v) is 8.15. The molecule has 1 aliphatic rings. The third kappa shape index (κ3) is 6.71. The van der Waals surface area contributed by atoms with Crippen molar-refractivity contribution < 1.29 is 9.84 Å². The van der Waals surface area contributed by atoms with Crippen molar-refractivity contribution in [3.8, 4) is 0 Å². The number of aliphatic hydroxyl groups is 1. The Hall–Kier alpha value is -4.02. The molecule has 1 aliphatic heterocycles. The van der Waals surface area contributed by atoms with Gasteiger partial charge in [0.05, 0.1) is 0 Å². The van der Waals surface area contributed by atoms with Gasteiger partial charge in [-0.1, -0.05) is 113 Å². The Labute approximate surface area is 255 Å². The van der Waals surface area contributed by atoms with Crippen molar-refractivity contribution in [2.75, 3.05) is 13.2 Å². The predicted octanol–water partition coefficient (Wildman–Crippen LogP) is 10.6. The van der Waals surface area contributed by atoms with Crippen LogP contribution in [0.3, 0.4) is 0 Å². The van der Waals surface area contributed by atoms with E-state index in [9.17, 15) is 5.11 Å². The topological polar surface area (TPSA) is 29.5 Å². The first-order valence-electron chi connectivity index (χ1n) is 14.5. The third-order valence-electron chi connectivity index (χ3n) is 7.65. The van der Waals surface area contributed by atoms with E-state index in [0.29, 0.717) is 0 Å². The molecule has 7 aromatic carbocycles. The van der Waals surface area contributed by atoms with E-state index in [-0.39, 0.29) is 0 Å². The van der Waals surface area contributed by atoms with E-state index in [4.69, 9.17) is 4.74 Å². The zero-order valence-corrected chi connectivity index (χ0v) is 25.0. The van der Waals surface area contributed by atoms with Gasteiger partial charge in [-0.25, -0.2) is 0 Å². The molecule has 1 unspecified atom stereocenters. The monoisotopic (exact) mass is 612 g/mol. The summed E-state index contributed by atoms with van der Waals surface area (Å²) < 4.78 is 6.07. The lowest BCUT2D eigenvalue weighted by Gasteiger charge is -2.12. The molecule has 1 saturated heterocycles. The van der Waals surface area contributed by atoms with Crippen molar-refractivity contribution in [1.82, 2.24) is 0 Å². The summed E-state index contributed by atoms with van der Waals surface area (Å²) in [4.78, 5) is 0. The van der Waals surface area contributed by atoms with Gasteiger partial charge in [-0.3, -0.25) is 0 Å². The Morgan fingerprint density at radius 1 is 0.452 bits per heavy atom. The lowest BCUT2D eigenvalue weighted by molar-refractivity contribution is 0.198. The summed E-state index contributed by atoms with van der Waals surface area (Å²) in [7, 11) is 0. The van der Waals surface area contributed by atoms with Gasteiger partial charge in [-0.15, -0.1) is 0 Å². The van der Waals surface area contributed by atoms with Gasteiger partial charge >= 0.3 is 0 Å². The van der Waals surface area contributed by atoms with Crippen molar-refractivity contribution in [2.24, 2.45) is 0 Å². The van der Waals surface area contributed by atoms with E-state index >= 15 is 0 Å². The number of hydrogen-bond acceptors (Lipinski definition) is 2. The van der Waals surface area contributed by atoms with Crippen LogP contribution in [0.25, 0.3) is 43.1 Å². The molecule has 2 nitrogen and oxygen atoms in total. The Morgan fingerprint density at radius 2 is 0.905 bits per heavy atom. The molecule has 0 saturated carbocycles.